The van der Waals surface area contributed by atoms with Gasteiger partial charge in [0.1, 0.15) is 23.0 Å². The van der Waals surface area contributed by atoms with Gasteiger partial charge in [0.2, 0.25) is 0 Å². The highest BCUT2D eigenvalue weighted by Gasteiger charge is 2.39. The van der Waals surface area contributed by atoms with E-state index in [1.807, 2.05) is 64.1 Å². The average Bonchev–Trinajstić information content (AvgIpc) is 2.97. The third-order valence-corrected chi connectivity index (χ3v) is 10.3. The summed E-state index contributed by atoms with van der Waals surface area (Å²) >= 11 is 0. The van der Waals surface area contributed by atoms with Gasteiger partial charge in [-0.05, 0) is 62.1 Å². The molecule has 0 aliphatic rings. The summed E-state index contributed by atoms with van der Waals surface area (Å²) in [4.78, 5) is 0. The molecule has 3 aromatic carbocycles. The van der Waals surface area contributed by atoms with Gasteiger partial charge in [-0.3, -0.25) is 0 Å². The minimum Gasteiger partial charge on any atom is -0.404 e. The van der Waals surface area contributed by atoms with Crippen molar-refractivity contribution in [2.24, 2.45) is 0 Å². The molecule has 0 aliphatic carbocycles. The van der Waals surface area contributed by atoms with Gasteiger partial charge in [0.05, 0.1) is 0 Å². The third kappa shape index (κ3) is 8.64. The molecule has 0 amide bonds. The Morgan fingerprint density at radius 3 is 1.14 bits per heavy atom. The first-order valence-electron chi connectivity index (χ1n) is 14.2. The fourth-order valence-electron chi connectivity index (χ4n) is 4.38. The lowest BCUT2D eigenvalue weighted by Gasteiger charge is -2.30. The predicted octanol–water partition coefficient (Wildman–Crippen LogP) is 9.40. The molecule has 0 N–H and O–H groups in total. The number of para-hydroxylation sites is 2. The highest BCUT2D eigenvalue weighted by atomic mass is 31.2. The van der Waals surface area contributed by atoms with E-state index in [4.69, 9.17) is 18.1 Å². The molecule has 0 heterocycles. The summed E-state index contributed by atoms with van der Waals surface area (Å²) in [5.74, 6) is 1.26. The number of rotatable bonds is 18. The molecule has 0 radical (unpaired) electrons. The van der Waals surface area contributed by atoms with Crippen LogP contribution >= 0.6 is 15.5 Å². The maximum Gasteiger partial charge on any atom is 0.516 e. The van der Waals surface area contributed by atoms with Gasteiger partial charge in [0, 0.05) is 32.2 Å². The van der Waals surface area contributed by atoms with Gasteiger partial charge in [-0.15, -0.1) is 26.3 Å². The number of benzene rings is 3. The summed E-state index contributed by atoms with van der Waals surface area (Å²) in [5, 5.41) is 0. The molecule has 0 bridgehead atoms. The topological polar surface area (TPSA) is 77.5 Å². The normalized spacial score (nSPS) is 13.8. The second-order valence-electron chi connectivity index (χ2n) is 10.1. The van der Waals surface area contributed by atoms with Crippen LogP contribution in [0.25, 0.3) is 0 Å². The molecule has 8 nitrogen and oxygen atoms in total. The Hall–Kier alpha value is -3.80. The van der Waals surface area contributed by atoms with Crippen LogP contribution in [0.3, 0.4) is 0 Å². The Morgan fingerprint density at radius 2 is 0.841 bits per heavy atom. The molecule has 10 heteroatoms. The van der Waals surface area contributed by atoms with Crippen LogP contribution in [0.15, 0.2) is 111 Å². The predicted molar refractivity (Wildman–Crippen MR) is 180 cm³/mol. The number of aryl methyl sites for hydroxylation is 4. The van der Waals surface area contributed by atoms with Gasteiger partial charge in [0.25, 0.3) is 0 Å². The van der Waals surface area contributed by atoms with Gasteiger partial charge >= 0.3 is 15.5 Å². The van der Waals surface area contributed by atoms with E-state index in [1.165, 1.54) is 15.4 Å². The Bertz CT molecular complexity index is 1410. The molecular formula is C34H42N2O6P2. The average molecular weight is 637 g/mol. The first-order valence-corrected chi connectivity index (χ1v) is 17.1. The molecular weight excluding hydrogens is 594 g/mol. The van der Waals surface area contributed by atoms with Crippen LogP contribution in [0.4, 0.5) is 0 Å². The smallest absolute Gasteiger partial charge is 0.404 e. The molecule has 0 aliphatic heterocycles. The van der Waals surface area contributed by atoms with Gasteiger partial charge in [0.15, 0.2) is 0 Å². The Balaban J connectivity index is 2.05. The first kappa shape index (κ1) is 34.7. The van der Waals surface area contributed by atoms with Gasteiger partial charge < -0.3 is 18.1 Å². The monoisotopic (exact) mass is 636 g/mol. The van der Waals surface area contributed by atoms with Crippen LogP contribution in [0.1, 0.15) is 22.3 Å². The van der Waals surface area contributed by atoms with E-state index < -0.39 is 15.5 Å². The summed E-state index contributed by atoms with van der Waals surface area (Å²) in [5.41, 5.74) is 3.21. The standard InChI is InChI=1S/C34H42N2O6P2/c1-9-22-35(23-10-2)43(37,41-33-27(5)16-13-17-28(33)6)39-31-20-15-21-32(26-31)40-44(38,36(24-11-3)25-12-4)42-34-29(7)18-14-19-30(34)8/h9-21,26H,1-4,22-25H2,5-8H3. The van der Waals surface area contributed by atoms with Crippen molar-refractivity contribution in [2.45, 2.75) is 27.7 Å². The van der Waals surface area contributed by atoms with Crippen molar-refractivity contribution in [1.82, 2.24) is 9.34 Å². The quantitative estimate of drug-likeness (QED) is 0.101. The molecule has 3 aromatic rings. The minimum atomic E-state index is -4.04. The van der Waals surface area contributed by atoms with Crippen molar-refractivity contribution < 1.29 is 27.2 Å². The van der Waals surface area contributed by atoms with Gasteiger partial charge in [-0.2, -0.15) is 9.34 Å². The molecule has 0 saturated carbocycles. The Morgan fingerprint density at radius 1 is 0.545 bits per heavy atom. The van der Waals surface area contributed by atoms with Crippen LogP contribution in [0, 0.1) is 27.7 Å². The summed E-state index contributed by atoms with van der Waals surface area (Å²) in [7, 11) is -8.08. The third-order valence-electron chi connectivity index (χ3n) is 6.53. The van der Waals surface area contributed by atoms with Crippen LogP contribution in [0.5, 0.6) is 23.0 Å². The zero-order valence-electron chi connectivity index (χ0n) is 26.0. The summed E-state index contributed by atoms with van der Waals surface area (Å²) in [6, 6.07) is 17.7. The van der Waals surface area contributed by atoms with E-state index in [-0.39, 0.29) is 37.7 Å². The lowest BCUT2D eigenvalue weighted by atomic mass is 10.1. The second kappa shape index (κ2) is 15.8. The fourth-order valence-corrected chi connectivity index (χ4v) is 7.98. The maximum atomic E-state index is 14.6. The fraction of sp³-hybridized carbons (Fsp3) is 0.235. The van der Waals surface area contributed by atoms with Gasteiger partial charge in [-0.25, -0.2) is 9.13 Å². The van der Waals surface area contributed by atoms with Gasteiger partial charge in [-0.1, -0.05) is 66.8 Å². The summed E-state index contributed by atoms with van der Waals surface area (Å²) in [6.45, 7) is 23.5. The first-order chi connectivity index (χ1) is 21.0. The van der Waals surface area contributed by atoms with E-state index >= 15 is 0 Å². The van der Waals surface area contributed by atoms with E-state index in [1.54, 1.807) is 42.5 Å². The zero-order valence-corrected chi connectivity index (χ0v) is 27.8. The SMILES string of the molecule is C=CCN(CC=C)P(=O)(Oc1cccc(OP(=O)(Oc2c(C)cccc2C)N(CC=C)CC=C)c1)Oc1c(C)cccc1C. The van der Waals surface area contributed by atoms with E-state index in [2.05, 4.69) is 26.3 Å². The van der Waals surface area contributed by atoms with Crippen molar-refractivity contribution in [1.29, 1.82) is 0 Å². The van der Waals surface area contributed by atoms with Crippen LogP contribution < -0.4 is 18.1 Å². The lowest BCUT2D eigenvalue weighted by molar-refractivity contribution is 0.300. The largest absolute Gasteiger partial charge is 0.516 e. The van der Waals surface area contributed by atoms with Crippen LogP contribution in [-0.2, 0) is 9.13 Å². The molecule has 0 spiro atoms. The summed E-state index contributed by atoms with van der Waals surface area (Å²) in [6.07, 6.45) is 6.45. The van der Waals surface area contributed by atoms with Crippen molar-refractivity contribution in [3.8, 4) is 23.0 Å². The van der Waals surface area contributed by atoms with E-state index in [0.29, 0.717) is 11.5 Å². The molecule has 0 saturated heterocycles. The highest BCUT2D eigenvalue weighted by molar-refractivity contribution is 7.52. The van der Waals surface area contributed by atoms with E-state index in [0.717, 1.165) is 22.3 Å². The Labute approximate surface area is 262 Å². The minimum absolute atomic E-state index is 0.174. The number of hydrogen-bond donors (Lipinski definition) is 0. The number of hydrogen-bond acceptors (Lipinski definition) is 6. The highest BCUT2D eigenvalue weighted by Crippen LogP contribution is 2.55. The molecule has 2 atom stereocenters. The molecule has 3 rings (SSSR count). The molecule has 2 unspecified atom stereocenters. The van der Waals surface area contributed by atoms with Crippen molar-refractivity contribution in [3.63, 3.8) is 0 Å². The Kier molecular flexibility index (Phi) is 12.4. The molecule has 0 fully saturated rings. The van der Waals surface area contributed by atoms with Crippen LogP contribution in [-0.4, -0.2) is 35.5 Å². The summed E-state index contributed by atoms with van der Waals surface area (Å²) < 4.78 is 56.9. The zero-order chi connectivity index (χ0) is 32.3. The van der Waals surface area contributed by atoms with Crippen molar-refractivity contribution in [2.75, 3.05) is 26.2 Å². The molecule has 44 heavy (non-hydrogen) atoms. The molecule has 0 aromatic heterocycles. The van der Waals surface area contributed by atoms with Crippen molar-refractivity contribution in [3.05, 3.63) is 134 Å². The van der Waals surface area contributed by atoms with Crippen LogP contribution in [0.2, 0.25) is 0 Å². The second-order valence-corrected chi connectivity index (χ2v) is 13.9. The maximum absolute atomic E-state index is 14.6. The lowest BCUT2D eigenvalue weighted by Crippen LogP contribution is -2.27. The number of nitrogens with zero attached hydrogens (tertiary/aromatic N) is 2. The molecule has 234 valence electrons. The van der Waals surface area contributed by atoms with Crippen molar-refractivity contribution >= 4 is 15.5 Å². The van der Waals surface area contributed by atoms with E-state index in [9.17, 15) is 9.13 Å².